The summed E-state index contributed by atoms with van der Waals surface area (Å²) in [6.45, 7) is -0.609. The molecule has 2 rings (SSSR count). The van der Waals surface area contributed by atoms with Crippen LogP contribution in [0.5, 0.6) is 11.5 Å². The van der Waals surface area contributed by atoms with Gasteiger partial charge >= 0.3 is 5.69 Å². The minimum absolute atomic E-state index is 0.00747. The Morgan fingerprint density at radius 3 is 2.44 bits per heavy atom. The molecule has 0 aromatic heterocycles. The summed E-state index contributed by atoms with van der Waals surface area (Å²) >= 11 is 0. The van der Waals surface area contributed by atoms with Gasteiger partial charge < -0.3 is 19.7 Å². The van der Waals surface area contributed by atoms with Crippen molar-refractivity contribution < 1.29 is 24.0 Å². The molecule has 0 saturated carbocycles. The number of likely N-dealkylation sites (N-methyl/N-ethyl adjacent to an activating group) is 1. The number of nitrogens with zero attached hydrogens (tertiary/aromatic N) is 2. The van der Waals surface area contributed by atoms with E-state index in [-0.39, 0.29) is 23.9 Å². The minimum atomic E-state index is -0.591. The molecule has 2 aromatic rings. The summed E-state index contributed by atoms with van der Waals surface area (Å²) in [6.07, 6.45) is 0. The highest BCUT2D eigenvalue weighted by Gasteiger charge is 2.18. The van der Waals surface area contributed by atoms with Gasteiger partial charge in [0.15, 0.2) is 12.4 Å². The Kier molecular flexibility index (Phi) is 6.70. The van der Waals surface area contributed by atoms with Gasteiger partial charge in [-0.3, -0.25) is 19.7 Å². The second-order valence-electron chi connectivity index (χ2n) is 5.54. The number of nitrogens with one attached hydrogen (secondary N) is 1. The van der Waals surface area contributed by atoms with Gasteiger partial charge in [-0.1, -0.05) is 12.1 Å². The molecule has 9 heteroatoms. The molecule has 142 valence electrons. The molecule has 0 unspecified atom stereocenters. The number of benzene rings is 2. The molecule has 0 aliphatic heterocycles. The number of carbonyl (C=O) groups excluding carboxylic acids is 2. The van der Waals surface area contributed by atoms with Crippen LogP contribution in [0.15, 0.2) is 48.5 Å². The van der Waals surface area contributed by atoms with Gasteiger partial charge in [-0.25, -0.2) is 0 Å². The Balaban J connectivity index is 1.86. The summed E-state index contributed by atoms with van der Waals surface area (Å²) in [7, 11) is 2.99. The van der Waals surface area contributed by atoms with Gasteiger partial charge in [-0.05, 0) is 30.3 Å². The van der Waals surface area contributed by atoms with Crippen molar-refractivity contribution >= 4 is 23.2 Å². The van der Waals surface area contributed by atoms with E-state index in [2.05, 4.69) is 5.32 Å². The lowest BCUT2D eigenvalue weighted by molar-refractivity contribution is -0.385. The first kappa shape index (κ1) is 19.7. The van der Waals surface area contributed by atoms with Gasteiger partial charge in [0, 0.05) is 18.8 Å². The van der Waals surface area contributed by atoms with Gasteiger partial charge in [-0.15, -0.1) is 0 Å². The molecule has 0 heterocycles. The number of ether oxygens (including phenoxy) is 2. The molecule has 0 aliphatic carbocycles. The highest BCUT2D eigenvalue weighted by atomic mass is 16.6. The van der Waals surface area contributed by atoms with E-state index in [4.69, 9.17) is 9.47 Å². The van der Waals surface area contributed by atoms with Gasteiger partial charge in [0.2, 0.25) is 5.91 Å². The number of carbonyl (C=O) groups is 2. The zero-order valence-electron chi connectivity index (χ0n) is 14.9. The van der Waals surface area contributed by atoms with Crippen molar-refractivity contribution in [1.82, 2.24) is 4.90 Å². The Morgan fingerprint density at radius 1 is 1.15 bits per heavy atom. The Bertz CT molecular complexity index is 822. The summed E-state index contributed by atoms with van der Waals surface area (Å²) < 4.78 is 10.3. The first-order valence-electron chi connectivity index (χ1n) is 7.95. The van der Waals surface area contributed by atoms with Crippen molar-refractivity contribution in [3.05, 3.63) is 58.6 Å². The largest absolute Gasteiger partial charge is 0.497 e. The van der Waals surface area contributed by atoms with Gasteiger partial charge in [0.05, 0.1) is 18.6 Å². The van der Waals surface area contributed by atoms with Crippen LogP contribution in [0.1, 0.15) is 0 Å². The number of hydrogen-bond acceptors (Lipinski definition) is 6. The topological polar surface area (TPSA) is 111 Å². The molecule has 9 nitrogen and oxygen atoms in total. The highest BCUT2D eigenvalue weighted by Crippen LogP contribution is 2.25. The molecular weight excluding hydrogens is 354 g/mol. The average Bonchev–Trinajstić information content (AvgIpc) is 2.66. The first-order valence-corrected chi connectivity index (χ1v) is 7.95. The summed E-state index contributed by atoms with van der Waals surface area (Å²) in [4.78, 5) is 35.6. The van der Waals surface area contributed by atoms with E-state index in [0.717, 1.165) is 0 Å². The molecule has 0 atom stereocenters. The van der Waals surface area contributed by atoms with Crippen LogP contribution in [0.3, 0.4) is 0 Å². The second-order valence-corrected chi connectivity index (χ2v) is 5.54. The van der Waals surface area contributed by atoms with E-state index < -0.39 is 17.4 Å². The third-order valence-electron chi connectivity index (χ3n) is 3.59. The predicted molar refractivity (Wildman–Crippen MR) is 97.9 cm³/mol. The fraction of sp³-hybridized carbons (Fsp3) is 0.222. The van der Waals surface area contributed by atoms with E-state index in [9.17, 15) is 19.7 Å². The fourth-order valence-corrected chi connectivity index (χ4v) is 2.16. The van der Waals surface area contributed by atoms with E-state index in [1.807, 2.05) is 0 Å². The Labute approximate surface area is 155 Å². The molecule has 27 heavy (non-hydrogen) atoms. The number of amides is 2. The van der Waals surface area contributed by atoms with Crippen molar-refractivity contribution in [2.24, 2.45) is 0 Å². The molecule has 2 aromatic carbocycles. The van der Waals surface area contributed by atoms with Crippen molar-refractivity contribution in [3.8, 4) is 11.5 Å². The van der Waals surface area contributed by atoms with Crippen LogP contribution in [-0.2, 0) is 9.59 Å². The Morgan fingerprint density at radius 2 is 1.81 bits per heavy atom. The van der Waals surface area contributed by atoms with E-state index >= 15 is 0 Å². The van der Waals surface area contributed by atoms with Crippen LogP contribution in [0, 0.1) is 10.1 Å². The first-order chi connectivity index (χ1) is 12.9. The quantitative estimate of drug-likeness (QED) is 0.560. The molecule has 0 bridgehead atoms. The molecule has 0 radical (unpaired) electrons. The predicted octanol–water partition coefficient (Wildman–Crippen LogP) is 2.08. The molecule has 0 saturated heterocycles. The highest BCUT2D eigenvalue weighted by molar-refractivity contribution is 5.94. The van der Waals surface area contributed by atoms with Gasteiger partial charge in [-0.2, -0.15) is 0 Å². The summed E-state index contributed by atoms with van der Waals surface area (Å²) in [5.74, 6) is -0.223. The Hall–Kier alpha value is -3.62. The number of rotatable bonds is 8. The van der Waals surface area contributed by atoms with Gasteiger partial charge in [0.1, 0.15) is 5.75 Å². The molecular formula is C18H19N3O6. The maximum absolute atomic E-state index is 12.1. The zero-order chi connectivity index (χ0) is 19.8. The molecule has 0 aliphatic rings. The van der Waals surface area contributed by atoms with E-state index in [1.54, 1.807) is 37.4 Å². The monoisotopic (exact) mass is 373 g/mol. The lowest BCUT2D eigenvalue weighted by atomic mass is 10.3. The van der Waals surface area contributed by atoms with Crippen LogP contribution >= 0.6 is 0 Å². The number of anilines is 1. The maximum atomic E-state index is 12.1. The lowest BCUT2D eigenvalue weighted by Crippen LogP contribution is -2.37. The SMILES string of the molecule is COc1ccc(NC(=O)CN(C)C(=O)COc2ccccc2[N+](=O)[O-])cc1. The normalized spacial score (nSPS) is 10.0. The van der Waals surface area contributed by atoms with Crippen molar-refractivity contribution in [1.29, 1.82) is 0 Å². The van der Waals surface area contributed by atoms with Crippen molar-refractivity contribution in [2.75, 3.05) is 32.6 Å². The fourth-order valence-electron chi connectivity index (χ4n) is 2.16. The van der Waals surface area contributed by atoms with Crippen molar-refractivity contribution in [3.63, 3.8) is 0 Å². The molecule has 0 spiro atoms. The maximum Gasteiger partial charge on any atom is 0.310 e. The number of nitro benzene ring substituents is 1. The minimum Gasteiger partial charge on any atom is -0.497 e. The van der Waals surface area contributed by atoms with E-state index in [1.165, 1.54) is 30.1 Å². The lowest BCUT2D eigenvalue weighted by Gasteiger charge is -2.17. The van der Waals surface area contributed by atoms with Crippen molar-refractivity contribution in [2.45, 2.75) is 0 Å². The van der Waals surface area contributed by atoms with Crippen LogP contribution in [0.4, 0.5) is 11.4 Å². The molecule has 2 amide bonds. The number of methoxy groups -OCH3 is 1. The number of para-hydroxylation sites is 2. The zero-order valence-corrected chi connectivity index (χ0v) is 14.9. The smallest absolute Gasteiger partial charge is 0.310 e. The average molecular weight is 373 g/mol. The van der Waals surface area contributed by atoms with Crippen LogP contribution in [0.25, 0.3) is 0 Å². The number of hydrogen-bond donors (Lipinski definition) is 1. The summed E-state index contributed by atoms with van der Waals surface area (Å²) in [5, 5.41) is 13.6. The standard InChI is InChI=1S/C18H19N3O6/c1-20(11-17(22)19-13-7-9-14(26-2)10-8-13)18(23)12-27-16-6-4-3-5-15(16)21(24)25/h3-10H,11-12H2,1-2H3,(H,19,22). The summed E-state index contributed by atoms with van der Waals surface area (Å²) in [6, 6.07) is 12.5. The summed E-state index contributed by atoms with van der Waals surface area (Å²) in [5.41, 5.74) is 0.336. The van der Waals surface area contributed by atoms with Gasteiger partial charge in [0.25, 0.3) is 5.91 Å². The van der Waals surface area contributed by atoms with Crippen LogP contribution in [-0.4, -0.2) is 48.9 Å². The third-order valence-corrected chi connectivity index (χ3v) is 3.59. The second kappa shape index (κ2) is 9.18. The van der Waals surface area contributed by atoms with Crippen LogP contribution in [0.2, 0.25) is 0 Å². The number of nitro groups is 1. The molecule has 0 fully saturated rings. The third kappa shape index (κ3) is 5.70. The molecule has 1 N–H and O–H groups in total. The van der Waals surface area contributed by atoms with E-state index in [0.29, 0.717) is 11.4 Å². The van der Waals surface area contributed by atoms with Crippen LogP contribution < -0.4 is 14.8 Å².